The van der Waals surface area contributed by atoms with E-state index < -0.39 is 74.1 Å². The molecule has 8 N–H and O–H groups in total. The number of carboxylic acids is 1. The summed E-state index contributed by atoms with van der Waals surface area (Å²) in [4.78, 5) is 35.7. The first-order valence-corrected chi connectivity index (χ1v) is 21.0. The van der Waals surface area contributed by atoms with Gasteiger partial charge in [0.15, 0.2) is 29.6 Å². The van der Waals surface area contributed by atoms with Gasteiger partial charge in [0.2, 0.25) is 0 Å². The highest BCUT2D eigenvalue weighted by molar-refractivity contribution is 5.90. The minimum atomic E-state index is -1.56. The fourth-order valence-corrected chi connectivity index (χ4v) is 8.12. The largest absolute Gasteiger partial charge is 0.508 e. The van der Waals surface area contributed by atoms with E-state index in [4.69, 9.17) is 58.5 Å². The Labute approximate surface area is 363 Å². The number of likely N-dealkylation sites (N-methyl/N-ethyl adjacent to an activating group) is 1. The number of hydrogen-bond acceptors (Lipinski definition) is 18. The normalized spacial score (nSPS) is 24.8. The number of carbonyl (C=O) groups is 2. The van der Waals surface area contributed by atoms with E-state index in [9.17, 15) is 30.0 Å². The van der Waals surface area contributed by atoms with E-state index in [2.05, 4.69) is 19.2 Å². The number of aliphatic carboxylic acids is 1. The Morgan fingerprint density at radius 2 is 1.83 bits per heavy atom. The number of nitrogens with two attached hydrogens (primary N) is 1. The third kappa shape index (κ3) is 10.7. The molecular weight excluding hydrogens is 828 g/mol. The molecule has 3 aromatic rings. The second kappa shape index (κ2) is 20.7. The van der Waals surface area contributed by atoms with Crippen molar-refractivity contribution in [2.24, 2.45) is 11.7 Å². The first-order valence-electron chi connectivity index (χ1n) is 21.0. The summed E-state index contributed by atoms with van der Waals surface area (Å²) in [5, 5.41) is 53.6. The molecule has 0 radical (unpaired) electrons. The monoisotopic (exact) mass is 884 g/mol. The number of carbonyl (C=O) groups excluding carboxylic acids is 1. The summed E-state index contributed by atoms with van der Waals surface area (Å²) in [6.07, 6.45) is -7.94. The van der Waals surface area contributed by atoms with Gasteiger partial charge in [-0.1, -0.05) is 26.0 Å². The Hall–Kier alpha value is -4.96. The molecule has 0 saturated carbocycles. The van der Waals surface area contributed by atoms with Crippen LogP contribution in [-0.2, 0) is 46.3 Å². The van der Waals surface area contributed by atoms with Crippen molar-refractivity contribution < 1.29 is 82.8 Å². The number of benzene rings is 3. The maximum Gasteiger partial charge on any atom is 0.317 e. The van der Waals surface area contributed by atoms with Gasteiger partial charge in [-0.05, 0) is 61.7 Å². The number of aromatic hydroxyl groups is 1. The zero-order chi connectivity index (χ0) is 44.8. The van der Waals surface area contributed by atoms with Crippen molar-refractivity contribution in [1.29, 1.82) is 0 Å². The molecule has 9 atom stereocenters. The van der Waals surface area contributed by atoms with Crippen LogP contribution in [0.25, 0.3) is 0 Å². The second-order valence-electron chi connectivity index (χ2n) is 16.3. The Morgan fingerprint density at radius 3 is 2.56 bits per heavy atom. The fourth-order valence-electron chi connectivity index (χ4n) is 8.12. The highest BCUT2D eigenvalue weighted by Crippen LogP contribution is 2.58. The quantitative estimate of drug-likeness (QED) is 0.0265. The van der Waals surface area contributed by atoms with E-state index in [1.165, 1.54) is 0 Å². The number of fused-ring (bicyclic) bond motifs is 6. The lowest BCUT2D eigenvalue weighted by Gasteiger charge is -2.43. The number of ether oxygens (including phenoxy) is 8. The van der Waals surface area contributed by atoms with Gasteiger partial charge < -0.3 is 79.4 Å². The van der Waals surface area contributed by atoms with Crippen LogP contribution in [0.15, 0.2) is 42.5 Å². The Balaban J connectivity index is 1.21. The van der Waals surface area contributed by atoms with Crippen molar-refractivity contribution in [3.8, 4) is 34.5 Å². The molecule has 344 valence electrons. The van der Waals surface area contributed by atoms with Gasteiger partial charge in [-0.3, -0.25) is 9.59 Å². The van der Waals surface area contributed by atoms with Gasteiger partial charge in [-0.2, -0.15) is 4.89 Å². The first kappa shape index (κ1) is 46.0. The molecule has 63 heavy (non-hydrogen) atoms. The van der Waals surface area contributed by atoms with Crippen molar-refractivity contribution in [1.82, 2.24) is 5.32 Å². The van der Waals surface area contributed by atoms with Crippen LogP contribution in [0.1, 0.15) is 66.5 Å². The zero-order valence-corrected chi connectivity index (χ0v) is 35.3. The lowest BCUT2D eigenvalue weighted by molar-refractivity contribution is -0.376. The lowest BCUT2D eigenvalue weighted by atomic mass is 9.86. The number of aliphatic hydroxyl groups is 3. The van der Waals surface area contributed by atoms with Crippen LogP contribution in [0.2, 0.25) is 0 Å². The van der Waals surface area contributed by atoms with Gasteiger partial charge in [0.05, 0.1) is 19.1 Å². The number of aliphatic hydroxyl groups excluding tert-OH is 3. The molecule has 0 amide bonds. The van der Waals surface area contributed by atoms with Crippen molar-refractivity contribution in [2.45, 2.75) is 94.6 Å². The molecule has 3 aromatic carbocycles. The third-order valence-corrected chi connectivity index (χ3v) is 10.9. The van der Waals surface area contributed by atoms with Crippen LogP contribution in [0, 0.1) is 5.92 Å². The van der Waals surface area contributed by atoms with Crippen LogP contribution < -0.4 is 34.9 Å². The molecule has 19 heteroatoms. The minimum Gasteiger partial charge on any atom is -0.508 e. The molecule has 0 unspecified atom stereocenters. The van der Waals surface area contributed by atoms with Gasteiger partial charge in [0.25, 0.3) is 6.29 Å². The summed E-state index contributed by atoms with van der Waals surface area (Å²) >= 11 is 0. The second-order valence-corrected chi connectivity index (χ2v) is 16.3. The first-order chi connectivity index (χ1) is 30.4. The lowest BCUT2D eigenvalue weighted by Crippen LogP contribution is -2.62. The SMILES string of the molecule is CNC[C@H](N)CO[C@@H]1O[C@H](COC(=O)CC(=O)O)[C@@H](OCCCO)[C@H](O)[C@H]1OOc1cc2c(cc1Cc1cccc(O)c1)OC[C@@H]1c3cc4c(c(CC(C)C)c3O[C@H]21)O[C@@H](CO)O4. The molecule has 0 aliphatic carbocycles. The van der Waals surface area contributed by atoms with Gasteiger partial charge in [0.1, 0.15) is 61.3 Å². The smallest absolute Gasteiger partial charge is 0.317 e. The zero-order valence-electron chi connectivity index (χ0n) is 35.3. The molecule has 0 spiro atoms. The van der Waals surface area contributed by atoms with Crippen molar-refractivity contribution in [3.63, 3.8) is 0 Å². The summed E-state index contributed by atoms with van der Waals surface area (Å²) in [6.45, 7) is 3.69. The molecule has 4 aliphatic heterocycles. The van der Waals surface area contributed by atoms with Gasteiger partial charge >= 0.3 is 11.9 Å². The fraction of sp³-hybridized carbons (Fsp3) is 0.545. The highest BCUT2D eigenvalue weighted by atomic mass is 17.2. The maximum absolute atomic E-state index is 12.2. The Morgan fingerprint density at radius 1 is 1.00 bits per heavy atom. The molecule has 1 fully saturated rings. The number of phenols is 1. The number of carboxylic acid groups (broad SMARTS) is 1. The number of rotatable bonds is 21. The third-order valence-electron chi connectivity index (χ3n) is 10.9. The number of hydrogen-bond donors (Lipinski definition) is 7. The number of nitrogens with one attached hydrogen (secondary N) is 1. The van der Waals surface area contributed by atoms with Crippen LogP contribution in [0.4, 0.5) is 0 Å². The van der Waals surface area contributed by atoms with Crippen LogP contribution in [0.5, 0.6) is 34.5 Å². The molecule has 0 aromatic heterocycles. The van der Waals surface area contributed by atoms with Crippen LogP contribution in [0.3, 0.4) is 0 Å². The summed E-state index contributed by atoms with van der Waals surface area (Å²) < 4.78 is 48.6. The van der Waals surface area contributed by atoms with Gasteiger partial charge in [-0.15, -0.1) is 0 Å². The molecular formula is C44H56N2O17. The standard InChI is InChI=1S/C44H56N2O17/c1-22(2)10-29-39-27(14-33-41(29)60-37(18-48)58-33)30-20-55-32-13-24(11-23-6-4-7-26(49)12-23)31(15-28(32)40(30)61-39)62-63-43-38(53)42(54-9-5-8-47)34(21-56-36(52)16-35(50)51)59-44(43)57-19-25(45)17-46-3/h4,6-7,12-15,22,25,30,34,37-38,40,42-44,46-49,53H,5,8-11,16-21,45H2,1-3H3,(H,50,51)/t25-,30+,34+,37-,38-,40+,42+,43+,44+/m0/s1. The summed E-state index contributed by atoms with van der Waals surface area (Å²) in [6, 6.07) is 11.7. The molecule has 0 bridgehead atoms. The number of esters is 1. The summed E-state index contributed by atoms with van der Waals surface area (Å²) in [5.41, 5.74) is 9.92. The van der Waals surface area contributed by atoms with E-state index in [0.29, 0.717) is 47.1 Å². The molecule has 1 saturated heterocycles. The molecule has 7 rings (SSSR count). The number of phenolic OH excluding ortho intramolecular Hbond substituents is 1. The molecule has 4 heterocycles. The van der Waals surface area contributed by atoms with E-state index >= 15 is 0 Å². The average Bonchev–Trinajstić information content (AvgIpc) is 3.84. The minimum absolute atomic E-state index is 0.0285. The predicted molar refractivity (Wildman–Crippen MR) is 219 cm³/mol. The van der Waals surface area contributed by atoms with Crippen LogP contribution >= 0.6 is 0 Å². The molecule has 19 nitrogen and oxygen atoms in total. The van der Waals surface area contributed by atoms with Crippen molar-refractivity contribution in [2.75, 3.05) is 53.2 Å². The van der Waals surface area contributed by atoms with Crippen LogP contribution in [-0.4, -0.2) is 134 Å². The Kier molecular flexibility index (Phi) is 15.1. The maximum atomic E-state index is 12.2. The highest BCUT2D eigenvalue weighted by Gasteiger charge is 2.50. The van der Waals surface area contributed by atoms with E-state index in [-0.39, 0.29) is 69.2 Å². The van der Waals surface area contributed by atoms with Gasteiger partial charge in [-0.25, -0.2) is 0 Å². The van der Waals surface area contributed by atoms with Crippen molar-refractivity contribution >= 4 is 11.9 Å². The van der Waals surface area contributed by atoms with E-state index in [1.807, 2.05) is 18.2 Å². The summed E-state index contributed by atoms with van der Waals surface area (Å²) in [7, 11) is 1.72. The van der Waals surface area contributed by atoms with E-state index in [1.54, 1.807) is 31.3 Å². The molecule has 4 aliphatic rings. The average molecular weight is 885 g/mol. The summed E-state index contributed by atoms with van der Waals surface area (Å²) in [5.74, 6) is 0.0847. The van der Waals surface area contributed by atoms with Gasteiger partial charge in [0, 0.05) is 54.5 Å². The topological polar surface area (TPSA) is 266 Å². The Bertz CT molecular complexity index is 2070. The predicted octanol–water partition coefficient (Wildman–Crippen LogP) is 1.99. The van der Waals surface area contributed by atoms with Crippen molar-refractivity contribution in [3.05, 3.63) is 70.3 Å². The van der Waals surface area contributed by atoms with E-state index in [0.717, 1.165) is 16.7 Å².